The fraction of sp³-hybridized carbons (Fsp3) is 0. The van der Waals surface area contributed by atoms with Gasteiger partial charge in [-0.25, -0.2) is 0 Å². The molecule has 0 amide bonds. The summed E-state index contributed by atoms with van der Waals surface area (Å²) in [6.45, 7) is 0. The highest BCUT2D eigenvalue weighted by molar-refractivity contribution is 5.63. The van der Waals surface area contributed by atoms with Crippen LogP contribution in [0.3, 0.4) is 0 Å². The average molecular weight is 210 g/mol. The van der Waals surface area contributed by atoms with Gasteiger partial charge in [-0.15, -0.1) is 0 Å². The Balaban J connectivity index is 3.13. The first-order valence-electron chi connectivity index (χ1n) is 4.22. The molecule has 0 fully saturated rings. The molecule has 0 saturated carbocycles. The van der Waals surface area contributed by atoms with Gasteiger partial charge in [0.2, 0.25) is 0 Å². The Bertz CT molecular complexity index is 539. The number of nitriles is 3. The summed E-state index contributed by atoms with van der Waals surface area (Å²) in [6.07, 6.45) is 0. The minimum Gasteiger partial charge on any atom is -0.506 e. The molecule has 76 valence electrons. The van der Waals surface area contributed by atoms with Crippen molar-refractivity contribution in [2.45, 2.75) is 0 Å². The maximum atomic E-state index is 9.42. The minimum atomic E-state index is -0.328. The number of anilines is 1. The second-order valence-electron chi connectivity index (χ2n) is 2.73. The summed E-state index contributed by atoms with van der Waals surface area (Å²) in [6, 6.07) is 11.1. The van der Waals surface area contributed by atoms with Crippen LogP contribution in [0.2, 0.25) is 0 Å². The van der Waals surface area contributed by atoms with E-state index >= 15 is 0 Å². The number of aromatic hydroxyl groups is 1. The number of allylic oxidation sites excluding steroid dienone is 2. The summed E-state index contributed by atoms with van der Waals surface area (Å²) in [4.78, 5) is 0. The summed E-state index contributed by atoms with van der Waals surface area (Å²) in [5, 5.41) is 37.9. The predicted octanol–water partition coefficient (Wildman–Crippen LogP) is 1.63. The van der Waals surface area contributed by atoms with E-state index in [1.165, 1.54) is 12.1 Å². The highest BCUT2D eigenvalue weighted by Crippen LogP contribution is 2.23. The van der Waals surface area contributed by atoms with Crippen molar-refractivity contribution in [2.24, 2.45) is 0 Å². The van der Waals surface area contributed by atoms with E-state index in [-0.39, 0.29) is 22.7 Å². The lowest BCUT2D eigenvalue weighted by Crippen LogP contribution is -2.00. The number of hydrogen-bond acceptors (Lipinski definition) is 5. The van der Waals surface area contributed by atoms with Gasteiger partial charge in [-0.05, 0) is 12.1 Å². The van der Waals surface area contributed by atoms with E-state index < -0.39 is 0 Å². The number of rotatable bonds is 2. The van der Waals surface area contributed by atoms with Crippen LogP contribution in [0.15, 0.2) is 35.5 Å². The van der Waals surface area contributed by atoms with Crippen molar-refractivity contribution in [3.63, 3.8) is 0 Å². The summed E-state index contributed by atoms with van der Waals surface area (Å²) in [5.74, 6) is -0.0644. The molecule has 0 bridgehead atoms. The number of phenolic OH excluding ortho intramolecular Hbond substituents is 1. The van der Waals surface area contributed by atoms with Crippen LogP contribution in [0.1, 0.15) is 0 Å². The fourth-order valence-electron chi connectivity index (χ4n) is 0.997. The van der Waals surface area contributed by atoms with E-state index in [4.69, 9.17) is 15.8 Å². The molecule has 0 aliphatic carbocycles. The summed E-state index contributed by atoms with van der Waals surface area (Å²) >= 11 is 0. The van der Waals surface area contributed by atoms with Crippen LogP contribution in [0, 0.1) is 34.0 Å². The topological polar surface area (TPSA) is 104 Å². The third kappa shape index (κ3) is 2.29. The molecule has 5 nitrogen and oxygen atoms in total. The molecule has 0 aliphatic rings. The van der Waals surface area contributed by atoms with Gasteiger partial charge in [-0.2, -0.15) is 15.8 Å². The molecule has 0 heterocycles. The van der Waals surface area contributed by atoms with Gasteiger partial charge in [0, 0.05) is 0 Å². The molecule has 1 aromatic carbocycles. The average Bonchev–Trinajstić information content (AvgIpc) is 2.31. The van der Waals surface area contributed by atoms with Crippen LogP contribution in [-0.2, 0) is 0 Å². The second kappa shape index (κ2) is 5.05. The van der Waals surface area contributed by atoms with E-state index in [9.17, 15) is 5.11 Å². The third-order valence-corrected chi connectivity index (χ3v) is 1.75. The number of phenols is 1. The number of hydrogen-bond donors (Lipinski definition) is 2. The van der Waals surface area contributed by atoms with Crippen molar-refractivity contribution in [2.75, 3.05) is 5.32 Å². The molecule has 0 radical (unpaired) electrons. The molecule has 0 spiro atoms. The van der Waals surface area contributed by atoms with Gasteiger partial charge in [0.1, 0.15) is 29.7 Å². The Kier molecular flexibility index (Phi) is 3.50. The molecular weight excluding hydrogens is 204 g/mol. The SMILES string of the molecule is N#CC(C#N)=C(C#N)Nc1ccccc1O. The highest BCUT2D eigenvalue weighted by Gasteiger charge is 2.07. The van der Waals surface area contributed by atoms with Crippen molar-refractivity contribution < 1.29 is 5.11 Å². The van der Waals surface area contributed by atoms with Crippen molar-refractivity contribution in [3.05, 3.63) is 35.5 Å². The van der Waals surface area contributed by atoms with Crippen LogP contribution in [0.5, 0.6) is 5.75 Å². The van der Waals surface area contributed by atoms with Gasteiger partial charge in [0.15, 0.2) is 5.57 Å². The summed E-state index contributed by atoms with van der Waals surface area (Å²) in [7, 11) is 0. The molecule has 1 aromatic rings. The Morgan fingerprint density at radius 1 is 1.06 bits per heavy atom. The highest BCUT2D eigenvalue weighted by atomic mass is 16.3. The van der Waals surface area contributed by atoms with Crippen LogP contribution < -0.4 is 5.32 Å². The van der Waals surface area contributed by atoms with Crippen LogP contribution in [-0.4, -0.2) is 5.11 Å². The van der Waals surface area contributed by atoms with Gasteiger partial charge >= 0.3 is 0 Å². The van der Waals surface area contributed by atoms with E-state index in [1.807, 2.05) is 0 Å². The van der Waals surface area contributed by atoms with Gasteiger partial charge in [-0.1, -0.05) is 12.1 Å². The molecule has 0 aromatic heterocycles. The zero-order chi connectivity index (χ0) is 12.0. The maximum absolute atomic E-state index is 9.42. The van der Waals surface area contributed by atoms with Gasteiger partial charge in [0.05, 0.1) is 5.69 Å². The Morgan fingerprint density at radius 2 is 1.69 bits per heavy atom. The van der Waals surface area contributed by atoms with E-state index in [0.29, 0.717) is 0 Å². The standard InChI is InChI=1S/C11H6N4O/c12-5-8(6-13)10(7-14)15-9-3-1-2-4-11(9)16/h1-4,15-16H. The fourth-order valence-corrected chi connectivity index (χ4v) is 0.997. The van der Waals surface area contributed by atoms with Gasteiger partial charge in [-0.3, -0.25) is 0 Å². The summed E-state index contributed by atoms with van der Waals surface area (Å²) in [5.41, 5.74) is -0.251. The van der Waals surface area contributed by atoms with Crippen molar-refractivity contribution >= 4 is 5.69 Å². The van der Waals surface area contributed by atoms with E-state index in [1.54, 1.807) is 30.3 Å². The van der Waals surface area contributed by atoms with Crippen molar-refractivity contribution in [1.29, 1.82) is 15.8 Å². The van der Waals surface area contributed by atoms with Crippen molar-refractivity contribution in [1.82, 2.24) is 0 Å². The molecule has 0 saturated heterocycles. The first-order valence-corrected chi connectivity index (χ1v) is 4.22. The van der Waals surface area contributed by atoms with Gasteiger partial charge in [0.25, 0.3) is 0 Å². The smallest absolute Gasteiger partial charge is 0.163 e. The molecular formula is C11H6N4O. The largest absolute Gasteiger partial charge is 0.506 e. The second-order valence-corrected chi connectivity index (χ2v) is 2.73. The van der Waals surface area contributed by atoms with Crippen LogP contribution in [0.25, 0.3) is 0 Å². The number of nitrogens with zero attached hydrogens (tertiary/aromatic N) is 3. The lowest BCUT2D eigenvalue weighted by molar-refractivity contribution is 0.477. The Morgan fingerprint density at radius 3 is 2.19 bits per heavy atom. The zero-order valence-electron chi connectivity index (χ0n) is 8.10. The van der Waals surface area contributed by atoms with Gasteiger partial charge < -0.3 is 10.4 Å². The summed E-state index contributed by atoms with van der Waals surface area (Å²) < 4.78 is 0. The monoisotopic (exact) mass is 210 g/mol. The number of benzene rings is 1. The zero-order valence-corrected chi connectivity index (χ0v) is 8.10. The Hall–Kier alpha value is -2.97. The third-order valence-electron chi connectivity index (χ3n) is 1.75. The predicted molar refractivity (Wildman–Crippen MR) is 55.6 cm³/mol. The van der Waals surface area contributed by atoms with Crippen LogP contribution >= 0.6 is 0 Å². The molecule has 16 heavy (non-hydrogen) atoms. The number of para-hydroxylation sites is 2. The lowest BCUT2D eigenvalue weighted by Gasteiger charge is -2.05. The molecule has 0 aliphatic heterocycles. The first-order chi connectivity index (χ1) is 7.72. The molecule has 2 N–H and O–H groups in total. The molecule has 0 unspecified atom stereocenters. The van der Waals surface area contributed by atoms with Crippen LogP contribution in [0.4, 0.5) is 5.69 Å². The normalized spacial score (nSPS) is 8.06. The Labute approximate surface area is 92.1 Å². The maximum Gasteiger partial charge on any atom is 0.163 e. The quantitative estimate of drug-likeness (QED) is 0.570. The lowest BCUT2D eigenvalue weighted by atomic mass is 10.2. The molecule has 5 heteroatoms. The molecule has 1 rings (SSSR count). The minimum absolute atomic E-state index is 0.0644. The first kappa shape index (κ1) is 11.1. The van der Waals surface area contributed by atoms with Crippen molar-refractivity contribution in [3.8, 4) is 24.0 Å². The van der Waals surface area contributed by atoms with E-state index in [0.717, 1.165) is 0 Å². The number of nitrogens with one attached hydrogen (secondary N) is 1. The van der Waals surface area contributed by atoms with E-state index in [2.05, 4.69) is 5.32 Å². The molecule has 0 atom stereocenters.